The van der Waals surface area contributed by atoms with Crippen LogP contribution in [0.4, 0.5) is 0 Å². The van der Waals surface area contributed by atoms with Gasteiger partial charge in [-0.25, -0.2) is 9.48 Å². The van der Waals surface area contributed by atoms with Gasteiger partial charge in [0, 0.05) is 0 Å². The summed E-state index contributed by atoms with van der Waals surface area (Å²) in [6.07, 6.45) is 1.91. The van der Waals surface area contributed by atoms with Crippen LogP contribution in [0, 0.1) is 6.92 Å². The number of rotatable bonds is 3. The third-order valence-corrected chi connectivity index (χ3v) is 1.88. The molecule has 0 saturated heterocycles. The summed E-state index contributed by atoms with van der Waals surface area (Å²) in [5.74, 6) is -0.347. The van der Waals surface area contributed by atoms with Gasteiger partial charge in [-0.05, 0) is 19.2 Å². The van der Waals surface area contributed by atoms with Crippen LogP contribution in [0.2, 0.25) is 0 Å². The molecule has 66 valence electrons. The molecule has 0 fully saturated rings. The van der Waals surface area contributed by atoms with Gasteiger partial charge in [0.1, 0.15) is 5.69 Å². The number of aryl methyl sites for hydroxylation is 1. The highest BCUT2D eigenvalue weighted by Gasteiger charge is 2.11. The van der Waals surface area contributed by atoms with E-state index in [1.165, 1.54) is 16.4 Å². The quantitative estimate of drug-likeness (QED) is 0.770. The predicted molar refractivity (Wildman–Crippen MR) is 47.4 cm³/mol. The number of thioether (sulfide) groups is 1. The number of aromatic nitrogens is 2. The molecule has 1 aromatic heterocycles. The summed E-state index contributed by atoms with van der Waals surface area (Å²) in [5, 5.41) is 12.8. The molecule has 0 aliphatic carbocycles. The Morgan fingerprint density at radius 1 is 1.83 bits per heavy atom. The highest BCUT2D eigenvalue weighted by Crippen LogP contribution is 2.07. The number of hydrogen-bond donors (Lipinski definition) is 1. The predicted octanol–water partition coefficient (Wildman–Crippen LogP) is 1.21. The van der Waals surface area contributed by atoms with E-state index in [0.717, 1.165) is 5.69 Å². The number of carboxylic acids is 1. The molecule has 0 saturated carbocycles. The number of aromatic carboxylic acids is 1. The lowest BCUT2D eigenvalue weighted by Gasteiger charge is -1.99. The fraction of sp³-hybridized carbons (Fsp3) is 0.429. The van der Waals surface area contributed by atoms with Crippen molar-refractivity contribution < 1.29 is 9.90 Å². The number of carboxylic acid groups (broad SMARTS) is 1. The summed E-state index contributed by atoms with van der Waals surface area (Å²) >= 11 is 1.54. The van der Waals surface area contributed by atoms with E-state index in [2.05, 4.69) is 5.10 Å². The van der Waals surface area contributed by atoms with E-state index in [0.29, 0.717) is 5.88 Å². The maximum atomic E-state index is 10.6. The zero-order valence-corrected chi connectivity index (χ0v) is 7.76. The van der Waals surface area contributed by atoms with Crippen molar-refractivity contribution in [3.8, 4) is 0 Å². The van der Waals surface area contributed by atoms with Crippen molar-refractivity contribution in [2.24, 2.45) is 0 Å². The van der Waals surface area contributed by atoms with Crippen LogP contribution in [-0.2, 0) is 5.88 Å². The third kappa shape index (κ3) is 1.79. The molecular weight excluding hydrogens is 176 g/mol. The summed E-state index contributed by atoms with van der Waals surface area (Å²) in [5.41, 5.74) is 0.989. The monoisotopic (exact) mass is 186 g/mol. The maximum Gasteiger partial charge on any atom is 0.354 e. The van der Waals surface area contributed by atoms with E-state index >= 15 is 0 Å². The van der Waals surface area contributed by atoms with Crippen LogP contribution in [0.15, 0.2) is 6.07 Å². The largest absolute Gasteiger partial charge is 0.477 e. The van der Waals surface area contributed by atoms with Gasteiger partial charge in [0.15, 0.2) is 0 Å². The molecule has 0 bridgehead atoms. The highest BCUT2D eigenvalue weighted by atomic mass is 32.2. The van der Waals surface area contributed by atoms with E-state index in [9.17, 15) is 4.79 Å². The van der Waals surface area contributed by atoms with Gasteiger partial charge in [-0.15, -0.1) is 11.8 Å². The Morgan fingerprint density at radius 2 is 2.50 bits per heavy atom. The zero-order chi connectivity index (χ0) is 9.14. The van der Waals surface area contributed by atoms with Crippen molar-refractivity contribution in [1.29, 1.82) is 0 Å². The van der Waals surface area contributed by atoms with Gasteiger partial charge in [-0.2, -0.15) is 5.10 Å². The van der Waals surface area contributed by atoms with E-state index in [4.69, 9.17) is 5.11 Å². The molecule has 0 aromatic carbocycles. The standard InChI is InChI=1S/C7H10N2O2S/c1-5-3-6(7(10)11)9(8-5)4-12-2/h3H,4H2,1-2H3,(H,10,11). The van der Waals surface area contributed by atoms with Crippen LogP contribution >= 0.6 is 11.8 Å². The second-order valence-electron chi connectivity index (χ2n) is 2.39. The minimum atomic E-state index is -0.926. The van der Waals surface area contributed by atoms with Crippen molar-refractivity contribution in [2.45, 2.75) is 12.8 Å². The number of carbonyl (C=O) groups is 1. The van der Waals surface area contributed by atoms with Crippen molar-refractivity contribution in [1.82, 2.24) is 9.78 Å². The average molecular weight is 186 g/mol. The number of hydrogen-bond acceptors (Lipinski definition) is 3. The molecule has 1 rings (SSSR count). The summed E-state index contributed by atoms with van der Waals surface area (Å²) in [6.45, 7) is 1.78. The Balaban J connectivity index is 2.99. The maximum absolute atomic E-state index is 10.6. The minimum absolute atomic E-state index is 0.252. The lowest BCUT2D eigenvalue weighted by atomic mass is 10.4. The molecule has 0 amide bonds. The summed E-state index contributed by atoms with van der Waals surface area (Å²) in [7, 11) is 0. The van der Waals surface area contributed by atoms with Crippen molar-refractivity contribution in [3.63, 3.8) is 0 Å². The molecule has 0 atom stereocenters. The van der Waals surface area contributed by atoms with Gasteiger partial charge in [-0.3, -0.25) is 0 Å². The van der Waals surface area contributed by atoms with Crippen molar-refractivity contribution in [3.05, 3.63) is 17.5 Å². The molecule has 0 aliphatic heterocycles. The molecule has 0 radical (unpaired) electrons. The second-order valence-corrected chi connectivity index (χ2v) is 3.23. The molecular formula is C7H10N2O2S. The smallest absolute Gasteiger partial charge is 0.354 e. The summed E-state index contributed by atoms with van der Waals surface area (Å²) in [6, 6.07) is 1.57. The fourth-order valence-corrected chi connectivity index (χ4v) is 1.38. The fourth-order valence-electron chi connectivity index (χ4n) is 0.938. The Bertz CT molecular complexity index is 296. The number of nitrogens with zero attached hydrogens (tertiary/aromatic N) is 2. The Labute approximate surface area is 74.6 Å². The van der Waals surface area contributed by atoms with E-state index in [1.807, 2.05) is 6.26 Å². The Morgan fingerprint density at radius 3 is 3.00 bits per heavy atom. The first-order chi connectivity index (χ1) is 5.65. The molecule has 1 heterocycles. The minimum Gasteiger partial charge on any atom is -0.477 e. The van der Waals surface area contributed by atoms with Gasteiger partial charge in [0.05, 0.1) is 11.6 Å². The molecule has 1 aromatic rings. The van der Waals surface area contributed by atoms with Crippen LogP contribution in [0.3, 0.4) is 0 Å². The third-order valence-electron chi connectivity index (χ3n) is 1.37. The van der Waals surface area contributed by atoms with Crippen LogP contribution in [0.5, 0.6) is 0 Å². The van der Waals surface area contributed by atoms with E-state index in [1.54, 1.807) is 13.0 Å². The highest BCUT2D eigenvalue weighted by molar-refractivity contribution is 7.97. The molecule has 4 nitrogen and oxygen atoms in total. The Hall–Kier alpha value is -0.970. The first-order valence-electron chi connectivity index (χ1n) is 3.42. The van der Waals surface area contributed by atoms with Crippen molar-refractivity contribution in [2.75, 3.05) is 6.26 Å². The SMILES string of the molecule is CSCn1nc(C)cc1C(=O)O. The molecule has 1 N–H and O–H groups in total. The topological polar surface area (TPSA) is 55.1 Å². The van der Waals surface area contributed by atoms with Gasteiger partial charge in [-0.1, -0.05) is 0 Å². The Kier molecular flexibility index (Phi) is 2.75. The first-order valence-corrected chi connectivity index (χ1v) is 4.81. The molecule has 12 heavy (non-hydrogen) atoms. The normalized spacial score (nSPS) is 10.2. The van der Waals surface area contributed by atoms with E-state index < -0.39 is 5.97 Å². The molecule has 5 heteroatoms. The zero-order valence-electron chi connectivity index (χ0n) is 6.94. The average Bonchev–Trinajstić information content (AvgIpc) is 2.32. The van der Waals surface area contributed by atoms with Gasteiger partial charge >= 0.3 is 5.97 Å². The van der Waals surface area contributed by atoms with Crippen LogP contribution in [-0.4, -0.2) is 27.1 Å². The van der Waals surface area contributed by atoms with Gasteiger partial charge in [0.25, 0.3) is 0 Å². The summed E-state index contributed by atoms with van der Waals surface area (Å²) in [4.78, 5) is 10.6. The lowest BCUT2D eigenvalue weighted by Crippen LogP contribution is -2.08. The second kappa shape index (κ2) is 3.62. The van der Waals surface area contributed by atoms with Crippen LogP contribution in [0.25, 0.3) is 0 Å². The van der Waals surface area contributed by atoms with Gasteiger partial charge in [0.2, 0.25) is 0 Å². The molecule has 0 unspecified atom stereocenters. The van der Waals surface area contributed by atoms with Crippen LogP contribution < -0.4 is 0 Å². The molecule has 0 spiro atoms. The summed E-state index contributed by atoms with van der Waals surface area (Å²) < 4.78 is 1.49. The van der Waals surface area contributed by atoms with Gasteiger partial charge < -0.3 is 5.11 Å². The first kappa shape index (κ1) is 9.12. The van der Waals surface area contributed by atoms with E-state index in [-0.39, 0.29) is 5.69 Å². The molecule has 0 aliphatic rings. The van der Waals surface area contributed by atoms with Crippen LogP contribution in [0.1, 0.15) is 16.2 Å². The van der Waals surface area contributed by atoms with Crippen molar-refractivity contribution >= 4 is 17.7 Å². The lowest BCUT2D eigenvalue weighted by molar-refractivity contribution is 0.0685.